The molecule has 0 aromatic heterocycles. The summed E-state index contributed by atoms with van der Waals surface area (Å²) in [6.45, 7) is 0. The van der Waals surface area contributed by atoms with Crippen molar-refractivity contribution >= 4 is 48.6 Å². The predicted molar refractivity (Wildman–Crippen MR) is 61.6 cm³/mol. The Morgan fingerprint density at radius 1 is 0.733 bits per heavy atom. The van der Waals surface area contributed by atoms with Crippen LogP contribution in [-0.4, -0.2) is 59.2 Å². The number of para-hydroxylation sites is 2. The fourth-order valence-corrected chi connectivity index (χ4v) is 1.55. The Morgan fingerprint density at radius 2 is 1.27 bits per heavy atom. The molecule has 2 aromatic carbocycles. The average Bonchev–Trinajstić information content (AvgIpc) is 2.25. The van der Waals surface area contributed by atoms with E-state index in [0.29, 0.717) is 60.5 Å². The van der Waals surface area contributed by atoms with Crippen LogP contribution in [0.5, 0.6) is 11.5 Å². The summed E-state index contributed by atoms with van der Waals surface area (Å²) in [5.41, 5.74) is 0. The van der Waals surface area contributed by atoms with Gasteiger partial charge in [0.2, 0.25) is 0 Å². The second-order valence-electron chi connectivity index (χ2n) is 3.12. The molecule has 0 saturated carbocycles. The molecule has 0 spiro atoms. The van der Waals surface area contributed by atoms with Crippen molar-refractivity contribution in [3.63, 3.8) is 0 Å². The second kappa shape index (κ2) is 7.03. The maximum atomic E-state index is 8.97. The van der Waals surface area contributed by atoms with Gasteiger partial charge in [0.25, 0.3) is 0 Å². The Morgan fingerprint density at radius 3 is 1.60 bits per heavy atom. The molecule has 0 aliphatic heterocycles. The standard InChI is InChI=1S/C6H6O.C6H5O.K/c2*7-6-4-2-1-3-5-6;/h1-5,7H;1-4,7H;. The smallest absolute Gasteiger partial charge is 0.115 e. The average molecular weight is 226 g/mol. The molecule has 2 aromatic rings. The number of hydrogen-bond acceptors (Lipinski definition) is 2. The van der Waals surface area contributed by atoms with Gasteiger partial charge in [0.1, 0.15) is 5.75 Å². The first-order chi connectivity index (χ1) is 7.20. The zero-order chi connectivity index (χ0) is 11.1. The molecule has 2 nitrogen and oxygen atoms in total. The maximum absolute atomic E-state index is 8.97. The molecule has 0 saturated heterocycles. The van der Waals surface area contributed by atoms with Crippen LogP contribution in [0.2, 0.25) is 0 Å². The van der Waals surface area contributed by atoms with Crippen LogP contribution in [0.4, 0.5) is 0 Å². The molecule has 0 aliphatic rings. The number of rotatable bonds is 0. The summed E-state index contributed by atoms with van der Waals surface area (Å²) >= 11 is 0.596. The summed E-state index contributed by atoms with van der Waals surface area (Å²) in [6, 6.07) is 16.2. The van der Waals surface area contributed by atoms with Gasteiger partial charge in [0.15, 0.2) is 0 Å². The Bertz CT molecular complexity index is 380. The minimum atomic E-state index is 0.322. The van der Waals surface area contributed by atoms with E-state index in [1.807, 2.05) is 24.3 Å². The third-order valence-electron chi connectivity index (χ3n) is 1.87. The molecule has 0 heterocycles. The molecule has 0 aliphatic carbocycles. The van der Waals surface area contributed by atoms with Gasteiger partial charge in [0, 0.05) is 0 Å². The third-order valence-corrected chi connectivity index (χ3v) is 3.19. The van der Waals surface area contributed by atoms with Crippen molar-refractivity contribution in [2.24, 2.45) is 0 Å². The zero-order valence-corrected chi connectivity index (χ0v) is 11.7. The van der Waals surface area contributed by atoms with Crippen LogP contribution in [-0.2, 0) is 0 Å². The van der Waals surface area contributed by atoms with Gasteiger partial charge in [-0.25, -0.2) is 0 Å². The molecule has 0 amide bonds. The summed E-state index contributed by atoms with van der Waals surface area (Å²) in [5, 5.41) is 17.6. The molecule has 0 bridgehead atoms. The Kier molecular flexibility index (Phi) is 5.98. The summed E-state index contributed by atoms with van der Waals surface area (Å²) in [7, 11) is 0. The molecule has 15 heavy (non-hydrogen) atoms. The molecule has 0 fully saturated rings. The van der Waals surface area contributed by atoms with Gasteiger partial charge in [-0.1, -0.05) is 18.2 Å². The number of aromatic hydroxyl groups is 2. The monoisotopic (exact) mass is 226 g/mol. The molecule has 72 valence electrons. The topological polar surface area (TPSA) is 40.5 Å². The minimum Gasteiger partial charge on any atom is -0.508 e. The van der Waals surface area contributed by atoms with Gasteiger partial charge in [0.05, 0.1) is 0 Å². The van der Waals surface area contributed by atoms with Gasteiger partial charge in [-0.3, -0.25) is 0 Å². The van der Waals surface area contributed by atoms with Crippen LogP contribution in [0.25, 0.3) is 0 Å². The number of hydrogen-bond donors (Lipinski definition) is 2. The molecule has 0 radical (unpaired) electrons. The van der Waals surface area contributed by atoms with E-state index in [1.165, 1.54) is 0 Å². The second-order valence-corrected chi connectivity index (χ2v) is 4.80. The van der Waals surface area contributed by atoms with Crippen molar-refractivity contribution in [2.45, 2.75) is 0 Å². The third kappa shape index (κ3) is 5.35. The number of benzene rings is 2. The Labute approximate surface area is 123 Å². The molecular formula is C12H11KO2. The van der Waals surface area contributed by atoms with E-state index in [2.05, 4.69) is 0 Å². The van der Waals surface area contributed by atoms with E-state index in [0.717, 1.165) is -0.342 Å². The van der Waals surface area contributed by atoms with Crippen LogP contribution in [0.1, 0.15) is 0 Å². The zero-order valence-electron chi connectivity index (χ0n) is 8.59. The van der Waals surface area contributed by atoms with Crippen molar-refractivity contribution in [1.82, 2.24) is 0 Å². The molecule has 2 N–H and O–H groups in total. The first kappa shape index (κ1) is 12.7. The first-order valence-corrected chi connectivity index (χ1v) is 6.25. The summed E-state index contributed by atoms with van der Waals surface area (Å²) in [6.07, 6.45) is 0. The quantitative estimate of drug-likeness (QED) is 0.670. The van der Waals surface area contributed by atoms with Gasteiger partial charge in [-0.15, -0.1) is 0 Å². The fraction of sp³-hybridized carbons (Fsp3) is 0. The molecule has 0 unspecified atom stereocenters. The largest absolute Gasteiger partial charge is 0.508 e. The van der Waals surface area contributed by atoms with E-state index >= 15 is 0 Å². The van der Waals surface area contributed by atoms with Gasteiger partial charge < -0.3 is 5.11 Å². The molecule has 3 heteroatoms. The fourth-order valence-electron chi connectivity index (χ4n) is 0.991. The minimum absolute atomic E-state index is 0.322. The molecular weight excluding hydrogens is 215 g/mol. The Hall–Kier alpha value is -0.324. The van der Waals surface area contributed by atoms with Crippen molar-refractivity contribution < 1.29 is 10.2 Å². The first-order valence-electron chi connectivity index (χ1n) is 4.69. The Balaban J connectivity index is 0.000000151. The van der Waals surface area contributed by atoms with E-state index in [9.17, 15) is 0 Å². The van der Waals surface area contributed by atoms with E-state index < -0.39 is 0 Å². The van der Waals surface area contributed by atoms with Crippen LogP contribution in [0.15, 0.2) is 54.6 Å². The predicted octanol–water partition coefficient (Wildman–Crippen LogP) is 1.58. The molecule has 2 rings (SSSR count). The number of phenols is 2. The van der Waals surface area contributed by atoms with Gasteiger partial charge in [-0.05, 0) is 12.1 Å². The van der Waals surface area contributed by atoms with Crippen molar-refractivity contribution in [2.75, 3.05) is 0 Å². The van der Waals surface area contributed by atoms with Gasteiger partial charge in [-0.2, -0.15) is 0 Å². The summed E-state index contributed by atoms with van der Waals surface area (Å²) < 4.78 is 1.11. The number of phenolic OH excluding ortho intramolecular Hbond substituents is 2. The maximum Gasteiger partial charge on any atom is 0.115 e. The van der Waals surface area contributed by atoms with Crippen LogP contribution >= 0.6 is 0 Å². The summed E-state index contributed by atoms with van der Waals surface area (Å²) in [4.78, 5) is 0. The van der Waals surface area contributed by atoms with Gasteiger partial charge >= 0.3 is 83.7 Å². The van der Waals surface area contributed by atoms with Crippen molar-refractivity contribution in [3.8, 4) is 11.5 Å². The normalized spacial score (nSPS) is 8.93. The van der Waals surface area contributed by atoms with E-state index in [1.54, 1.807) is 30.3 Å². The van der Waals surface area contributed by atoms with Crippen molar-refractivity contribution in [1.29, 1.82) is 0 Å². The van der Waals surface area contributed by atoms with Crippen LogP contribution < -0.4 is -0.342 Å². The SMILES string of the molecule is Oc1cccc[c]1[K].Oc1ccccc1. The molecule has 0 atom stereocenters. The van der Waals surface area contributed by atoms with Crippen LogP contribution in [0, 0.1) is 0 Å². The van der Waals surface area contributed by atoms with E-state index in [-0.39, 0.29) is 0 Å². The van der Waals surface area contributed by atoms with E-state index in [4.69, 9.17) is 10.2 Å². The summed E-state index contributed by atoms with van der Waals surface area (Å²) in [5.74, 6) is 0.773. The van der Waals surface area contributed by atoms with Crippen molar-refractivity contribution in [3.05, 3.63) is 54.6 Å². The van der Waals surface area contributed by atoms with Crippen LogP contribution in [0.3, 0.4) is 0 Å².